The second-order valence-corrected chi connectivity index (χ2v) is 18.8. The van der Waals surface area contributed by atoms with Crippen LogP contribution in [0.25, 0.3) is 0 Å². The Morgan fingerprint density at radius 1 is 0.303 bits per heavy atom. The van der Waals surface area contributed by atoms with E-state index >= 15 is 0 Å². The van der Waals surface area contributed by atoms with Crippen LogP contribution >= 0.6 is 0 Å². The topological polar surface area (TPSA) is 78.9 Å². The molecule has 0 bridgehead atoms. The second kappa shape index (κ2) is 54.7. The van der Waals surface area contributed by atoms with Crippen LogP contribution in [-0.4, -0.2) is 37.2 Å². The Labute approximate surface area is 409 Å². The highest BCUT2D eigenvalue weighted by Gasteiger charge is 2.19. The molecule has 0 saturated heterocycles. The highest BCUT2D eigenvalue weighted by Crippen LogP contribution is 2.15. The first kappa shape index (κ1) is 63.1. The van der Waals surface area contributed by atoms with Gasteiger partial charge in [-0.25, -0.2) is 0 Å². The van der Waals surface area contributed by atoms with Gasteiger partial charge in [-0.2, -0.15) is 0 Å². The average molecular weight is 924 g/mol. The predicted octanol–water partition coefficient (Wildman–Crippen LogP) is 18.8. The fraction of sp³-hybridized carbons (Fsp3) is 0.783. The number of allylic oxidation sites excluding steroid dienone is 10. The summed E-state index contributed by atoms with van der Waals surface area (Å²) in [6, 6.07) is 0. The van der Waals surface area contributed by atoms with Crippen molar-refractivity contribution in [1.82, 2.24) is 0 Å². The first-order valence-corrected chi connectivity index (χ1v) is 28.3. The van der Waals surface area contributed by atoms with Crippen LogP contribution in [0, 0.1) is 0 Å². The van der Waals surface area contributed by atoms with Crippen molar-refractivity contribution >= 4 is 17.9 Å². The van der Waals surface area contributed by atoms with E-state index in [4.69, 9.17) is 14.2 Å². The van der Waals surface area contributed by atoms with Gasteiger partial charge >= 0.3 is 17.9 Å². The fourth-order valence-corrected chi connectivity index (χ4v) is 7.91. The lowest BCUT2D eigenvalue weighted by Crippen LogP contribution is -2.30. The monoisotopic (exact) mass is 923 g/mol. The summed E-state index contributed by atoms with van der Waals surface area (Å²) in [4.78, 5) is 38.1. The minimum atomic E-state index is -0.785. The van der Waals surface area contributed by atoms with Crippen LogP contribution in [-0.2, 0) is 28.6 Å². The zero-order valence-electron chi connectivity index (χ0n) is 43.7. The maximum atomic E-state index is 12.8. The maximum Gasteiger partial charge on any atom is 0.306 e. The zero-order valence-corrected chi connectivity index (χ0v) is 43.7. The molecule has 0 aromatic rings. The summed E-state index contributed by atoms with van der Waals surface area (Å²) >= 11 is 0. The molecule has 0 fully saturated rings. The van der Waals surface area contributed by atoms with Gasteiger partial charge in [0.1, 0.15) is 13.2 Å². The summed E-state index contributed by atoms with van der Waals surface area (Å²) in [5.41, 5.74) is 0. The van der Waals surface area contributed by atoms with Crippen molar-refractivity contribution in [3.05, 3.63) is 60.8 Å². The van der Waals surface area contributed by atoms with E-state index in [1.54, 1.807) is 0 Å². The minimum absolute atomic E-state index is 0.0839. The van der Waals surface area contributed by atoms with Gasteiger partial charge in [0.05, 0.1) is 0 Å². The molecule has 0 aliphatic carbocycles. The Kier molecular flexibility index (Phi) is 52.3. The van der Waals surface area contributed by atoms with Crippen LogP contribution in [0.2, 0.25) is 0 Å². The van der Waals surface area contributed by atoms with E-state index in [0.29, 0.717) is 19.3 Å². The summed E-state index contributed by atoms with van der Waals surface area (Å²) < 4.78 is 16.8. The SMILES string of the molecule is CCCCC/C=C\C/C=C\C/C=C\CCCCCCCCC(=O)OCC(COC(=O)CCCCCCC/C=C\CCCCC)OC(=O)CCCCCCCCC/C=C\CCCCCCCC. The van der Waals surface area contributed by atoms with Crippen LogP contribution in [0.4, 0.5) is 0 Å². The van der Waals surface area contributed by atoms with Crippen molar-refractivity contribution in [3.8, 4) is 0 Å². The van der Waals surface area contributed by atoms with Crippen molar-refractivity contribution in [1.29, 1.82) is 0 Å². The van der Waals surface area contributed by atoms with Crippen molar-refractivity contribution in [2.24, 2.45) is 0 Å². The van der Waals surface area contributed by atoms with Crippen LogP contribution < -0.4 is 0 Å². The van der Waals surface area contributed by atoms with Gasteiger partial charge in [-0.3, -0.25) is 14.4 Å². The quantitative estimate of drug-likeness (QED) is 0.0262. The van der Waals surface area contributed by atoms with Crippen LogP contribution in [0.5, 0.6) is 0 Å². The van der Waals surface area contributed by atoms with Crippen molar-refractivity contribution in [3.63, 3.8) is 0 Å². The van der Waals surface area contributed by atoms with Crippen LogP contribution in [0.3, 0.4) is 0 Å². The van der Waals surface area contributed by atoms with Gasteiger partial charge in [0.2, 0.25) is 0 Å². The molecule has 0 aliphatic rings. The van der Waals surface area contributed by atoms with E-state index in [2.05, 4.69) is 81.5 Å². The molecule has 0 aliphatic heterocycles. The summed E-state index contributed by atoms with van der Waals surface area (Å²) in [7, 11) is 0. The molecule has 0 N–H and O–H groups in total. The summed E-state index contributed by atoms with van der Waals surface area (Å²) in [5, 5.41) is 0. The molecule has 6 heteroatoms. The molecular formula is C60H106O6. The number of hydrogen-bond donors (Lipinski definition) is 0. The van der Waals surface area contributed by atoms with Crippen LogP contribution in [0.15, 0.2) is 60.8 Å². The molecule has 0 aromatic heterocycles. The van der Waals surface area contributed by atoms with E-state index in [0.717, 1.165) is 83.5 Å². The first-order valence-electron chi connectivity index (χ1n) is 28.3. The lowest BCUT2D eigenvalue weighted by atomic mass is 10.1. The number of ether oxygens (including phenoxy) is 3. The smallest absolute Gasteiger partial charge is 0.306 e. The van der Waals surface area contributed by atoms with Gasteiger partial charge in [-0.1, -0.05) is 216 Å². The van der Waals surface area contributed by atoms with Crippen molar-refractivity contribution in [2.75, 3.05) is 13.2 Å². The number of carbonyl (C=O) groups is 3. The van der Waals surface area contributed by atoms with Crippen LogP contribution in [0.1, 0.15) is 284 Å². The van der Waals surface area contributed by atoms with E-state index in [1.807, 2.05) is 0 Å². The molecule has 0 rings (SSSR count). The van der Waals surface area contributed by atoms with E-state index in [9.17, 15) is 14.4 Å². The van der Waals surface area contributed by atoms with Crippen molar-refractivity contribution in [2.45, 2.75) is 290 Å². The molecule has 66 heavy (non-hydrogen) atoms. The number of rotatable bonds is 51. The third-order valence-corrected chi connectivity index (χ3v) is 12.2. The number of carbonyl (C=O) groups excluding carboxylic acids is 3. The Hall–Kier alpha value is -2.89. The van der Waals surface area contributed by atoms with Gasteiger partial charge in [0.15, 0.2) is 6.10 Å². The van der Waals surface area contributed by atoms with Gasteiger partial charge in [0.25, 0.3) is 0 Å². The third kappa shape index (κ3) is 52.1. The Bertz CT molecular complexity index is 1200. The fourth-order valence-electron chi connectivity index (χ4n) is 7.91. The van der Waals surface area contributed by atoms with Gasteiger partial charge < -0.3 is 14.2 Å². The van der Waals surface area contributed by atoms with E-state index in [-0.39, 0.29) is 31.1 Å². The van der Waals surface area contributed by atoms with Gasteiger partial charge in [0, 0.05) is 19.3 Å². The number of hydrogen-bond acceptors (Lipinski definition) is 6. The summed E-state index contributed by atoms with van der Waals surface area (Å²) in [6.45, 7) is 6.58. The molecule has 6 nitrogen and oxygen atoms in total. The standard InChI is InChI=1S/C60H106O6/c1-4-7-10-13-16-19-22-25-27-29-30-32-33-35-38-41-44-47-50-53-59(62)65-56-57(55-64-58(61)52-49-46-43-40-37-24-21-18-15-12-9-6-3)66-60(63)54-51-48-45-42-39-36-34-31-28-26-23-20-17-14-11-8-5-2/h16,18-19,21,25-28,30,32,57H,4-15,17,20,22-24,29,31,33-56H2,1-3H3/b19-16-,21-18-,27-25-,28-26-,32-30-. The average Bonchev–Trinajstić information content (AvgIpc) is 3.31. The Morgan fingerprint density at radius 2 is 0.545 bits per heavy atom. The van der Waals surface area contributed by atoms with E-state index in [1.165, 1.54) is 161 Å². The Morgan fingerprint density at radius 3 is 0.894 bits per heavy atom. The lowest BCUT2D eigenvalue weighted by Gasteiger charge is -2.18. The maximum absolute atomic E-state index is 12.8. The highest BCUT2D eigenvalue weighted by molar-refractivity contribution is 5.71. The second-order valence-electron chi connectivity index (χ2n) is 18.8. The van der Waals surface area contributed by atoms with Gasteiger partial charge in [-0.05, 0) is 109 Å². The zero-order chi connectivity index (χ0) is 47.9. The molecular weight excluding hydrogens is 817 g/mol. The molecule has 0 saturated carbocycles. The molecule has 1 atom stereocenters. The minimum Gasteiger partial charge on any atom is -0.462 e. The third-order valence-electron chi connectivity index (χ3n) is 12.2. The first-order chi connectivity index (χ1) is 32.5. The predicted molar refractivity (Wildman–Crippen MR) is 284 cm³/mol. The highest BCUT2D eigenvalue weighted by atomic mass is 16.6. The van der Waals surface area contributed by atoms with E-state index < -0.39 is 6.10 Å². The molecule has 0 aromatic carbocycles. The molecule has 1 unspecified atom stereocenters. The largest absolute Gasteiger partial charge is 0.462 e. The summed E-state index contributed by atoms with van der Waals surface area (Å²) in [6.07, 6.45) is 67.7. The molecule has 0 amide bonds. The molecule has 0 heterocycles. The molecule has 0 radical (unpaired) electrons. The molecule has 382 valence electrons. The lowest BCUT2D eigenvalue weighted by molar-refractivity contribution is -0.167. The Balaban J connectivity index is 4.38. The van der Waals surface area contributed by atoms with Crippen molar-refractivity contribution < 1.29 is 28.6 Å². The number of unbranched alkanes of at least 4 members (excludes halogenated alkanes) is 30. The summed E-state index contributed by atoms with van der Waals surface area (Å²) in [5.74, 6) is -0.901. The van der Waals surface area contributed by atoms with Gasteiger partial charge in [-0.15, -0.1) is 0 Å². The normalized spacial score (nSPS) is 12.5. The number of esters is 3. The molecule has 0 spiro atoms.